The number of ether oxygens (including phenoxy) is 1. The van der Waals surface area contributed by atoms with Crippen molar-refractivity contribution in [2.45, 2.75) is 86.0 Å². The van der Waals surface area contributed by atoms with Gasteiger partial charge in [-0.05, 0) is 93.3 Å². The van der Waals surface area contributed by atoms with Gasteiger partial charge in [0.2, 0.25) is 0 Å². The van der Waals surface area contributed by atoms with Gasteiger partial charge in [0, 0.05) is 54.7 Å². The van der Waals surface area contributed by atoms with Crippen molar-refractivity contribution >= 4 is 11.4 Å². The number of hydrogen-bond acceptors (Lipinski definition) is 7. The third-order valence-electron chi connectivity index (χ3n) is 8.26. The summed E-state index contributed by atoms with van der Waals surface area (Å²) in [6.07, 6.45) is 9.38. The van der Waals surface area contributed by atoms with E-state index in [4.69, 9.17) is 19.7 Å². The van der Waals surface area contributed by atoms with Crippen LogP contribution in [0.25, 0.3) is 34.2 Å². The van der Waals surface area contributed by atoms with Crippen molar-refractivity contribution < 1.29 is 9.84 Å². The standard InChI is InChI=1S/C39H53N5O2/c1-6-11-25-43(26-12-7-2)32-19-15-30(16-20-32)37-40-38(42-39(41-37)35-24-23-34(46-10-5)29-36(35)45)31-17-21-33(22-18-31)44(27-13-8-3)28-14-9-4/h15-24,29,45H,6-14,25-28H2,1-5H3. The lowest BCUT2D eigenvalue weighted by Crippen LogP contribution is -2.25. The Morgan fingerprint density at radius 2 is 0.957 bits per heavy atom. The van der Waals surface area contributed by atoms with Crippen LogP contribution in [0.5, 0.6) is 11.5 Å². The average molecular weight is 624 g/mol. The molecule has 0 saturated heterocycles. The first-order valence-corrected chi connectivity index (χ1v) is 17.4. The summed E-state index contributed by atoms with van der Waals surface area (Å²) < 4.78 is 5.60. The molecule has 4 aromatic rings. The van der Waals surface area contributed by atoms with Gasteiger partial charge in [0.15, 0.2) is 17.5 Å². The van der Waals surface area contributed by atoms with Crippen LogP contribution in [-0.2, 0) is 0 Å². The highest BCUT2D eigenvalue weighted by atomic mass is 16.5. The Labute approximate surface area is 276 Å². The van der Waals surface area contributed by atoms with Gasteiger partial charge in [-0.25, -0.2) is 15.0 Å². The van der Waals surface area contributed by atoms with Gasteiger partial charge in [-0.3, -0.25) is 0 Å². The fourth-order valence-corrected chi connectivity index (χ4v) is 5.49. The van der Waals surface area contributed by atoms with Gasteiger partial charge < -0.3 is 19.6 Å². The summed E-state index contributed by atoms with van der Waals surface area (Å²) >= 11 is 0. The molecule has 3 aromatic carbocycles. The maximum atomic E-state index is 11.0. The molecule has 0 fully saturated rings. The van der Waals surface area contributed by atoms with E-state index in [0.29, 0.717) is 35.4 Å². The fourth-order valence-electron chi connectivity index (χ4n) is 5.49. The molecule has 0 bridgehead atoms. The van der Waals surface area contributed by atoms with E-state index < -0.39 is 0 Å². The molecule has 0 atom stereocenters. The fraction of sp³-hybridized carbons (Fsp3) is 0.462. The third kappa shape index (κ3) is 9.44. The summed E-state index contributed by atoms with van der Waals surface area (Å²) in [5.74, 6) is 2.25. The van der Waals surface area contributed by atoms with Gasteiger partial charge in [0.05, 0.1) is 12.2 Å². The number of nitrogens with zero attached hydrogens (tertiary/aromatic N) is 5. The summed E-state index contributed by atoms with van der Waals surface area (Å²) in [5.41, 5.74) is 4.79. The predicted octanol–water partition coefficient (Wildman–Crippen LogP) is 9.79. The van der Waals surface area contributed by atoms with Crippen LogP contribution in [0.4, 0.5) is 11.4 Å². The van der Waals surface area contributed by atoms with Crippen LogP contribution in [0.3, 0.4) is 0 Å². The molecule has 0 radical (unpaired) electrons. The van der Waals surface area contributed by atoms with Crippen LogP contribution < -0.4 is 14.5 Å². The van der Waals surface area contributed by atoms with Crippen molar-refractivity contribution in [1.82, 2.24) is 15.0 Å². The largest absolute Gasteiger partial charge is 0.507 e. The van der Waals surface area contributed by atoms with E-state index in [-0.39, 0.29) is 5.75 Å². The molecular weight excluding hydrogens is 570 g/mol. The highest BCUT2D eigenvalue weighted by Crippen LogP contribution is 2.33. The number of anilines is 2. The van der Waals surface area contributed by atoms with Gasteiger partial charge in [-0.15, -0.1) is 0 Å². The molecule has 0 aliphatic heterocycles. The second kappa shape index (κ2) is 18.1. The van der Waals surface area contributed by atoms with E-state index in [0.717, 1.165) is 37.3 Å². The molecule has 0 aliphatic carbocycles. The van der Waals surface area contributed by atoms with Gasteiger partial charge >= 0.3 is 0 Å². The lowest BCUT2D eigenvalue weighted by Gasteiger charge is -2.25. The molecule has 0 unspecified atom stereocenters. The molecule has 7 heteroatoms. The zero-order valence-electron chi connectivity index (χ0n) is 28.6. The monoisotopic (exact) mass is 623 g/mol. The van der Waals surface area contributed by atoms with Gasteiger partial charge in [-0.1, -0.05) is 53.4 Å². The molecule has 1 heterocycles. The maximum Gasteiger partial charge on any atom is 0.167 e. The van der Waals surface area contributed by atoms with Gasteiger partial charge in [-0.2, -0.15) is 0 Å². The normalized spacial score (nSPS) is 11.1. The van der Waals surface area contributed by atoms with Crippen molar-refractivity contribution in [2.24, 2.45) is 0 Å². The summed E-state index contributed by atoms with van der Waals surface area (Å²) in [4.78, 5) is 19.7. The quantitative estimate of drug-likeness (QED) is 0.111. The average Bonchev–Trinajstić information content (AvgIpc) is 3.09. The number of hydrogen-bond donors (Lipinski definition) is 1. The summed E-state index contributed by atoms with van der Waals surface area (Å²) in [7, 11) is 0. The summed E-state index contributed by atoms with van der Waals surface area (Å²) in [5, 5.41) is 11.0. The van der Waals surface area contributed by atoms with Crippen LogP contribution >= 0.6 is 0 Å². The van der Waals surface area contributed by atoms with Crippen molar-refractivity contribution in [2.75, 3.05) is 42.6 Å². The van der Waals surface area contributed by atoms with E-state index in [1.807, 2.05) is 19.1 Å². The lowest BCUT2D eigenvalue weighted by molar-refractivity contribution is 0.338. The third-order valence-corrected chi connectivity index (χ3v) is 8.26. The number of phenols is 1. The highest BCUT2D eigenvalue weighted by molar-refractivity contribution is 5.71. The molecule has 0 aliphatic rings. The minimum atomic E-state index is 0.0738. The molecule has 0 saturated carbocycles. The van der Waals surface area contributed by atoms with Crippen LogP contribution in [0.1, 0.15) is 86.0 Å². The van der Waals surface area contributed by atoms with Crippen LogP contribution in [0.15, 0.2) is 66.7 Å². The Morgan fingerprint density at radius 3 is 1.33 bits per heavy atom. The minimum absolute atomic E-state index is 0.0738. The van der Waals surface area contributed by atoms with Crippen molar-refractivity contribution in [3.05, 3.63) is 66.7 Å². The van der Waals surface area contributed by atoms with E-state index in [1.165, 1.54) is 62.7 Å². The first kappa shape index (κ1) is 34.7. The number of phenolic OH excluding ortho intramolecular Hbond substituents is 1. The van der Waals surface area contributed by atoms with E-state index in [2.05, 4.69) is 86.0 Å². The zero-order valence-corrected chi connectivity index (χ0v) is 28.6. The van der Waals surface area contributed by atoms with E-state index >= 15 is 0 Å². The van der Waals surface area contributed by atoms with Gasteiger partial charge in [0.1, 0.15) is 11.5 Å². The molecule has 4 rings (SSSR count). The minimum Gasteiger partial charge on any atom is -0.507 e. The first-order valence-electron chi connectivity index (χ1n) is 17.4. The number of rotatable bonds is 19. The second-order valence-electron chi connectivity index (χ2n) is 11.9. The molecular formula is C39H53N5O2. The van der Waals surface area contributed by atoms with Crippen molar-refractivity contribution in [3.8, 4) is 45.7 Å². The predicted molar refractivity (Wildman–Crippen MR) is 193 cm³/mol. The van der Waals surface area contributed by atoms with Crippen molar-refractivity contribution in [3.63, 3.8) is 0 Å². The molecule has 0 amide bonds. The smallest absolute Gasteiger partial charge is 0.167 e. The Balaban J connectivity index is 1.73. The molecule has 246 valence electrons. The molecule has 46 heavy (non-hydrogen) atoms. The van der Waals surface area contributed by atoms with Gasteiger partial charge in [0.25, 0.3) is 0 Å². The van der Waals surface area contributed by atoms with E-state index in [1.54, 1.807) is 6.07 Å². The SMILES string of the molecule is CCCCN(CCCC)c1ccc(-c2nc(-c3ccc(N(CCCC)CCCC)cc3)nc(-c3ccc(OCC)cc3O)n2)cc1. The summed E-state index contributed by atoms with van der Waals surface area (Å²) in [6, 6.07) is 22.4. The number of aromatic nitrogens is 3. The van der Waals surface area contributed by atoms with Crippen LogP contribution in [-0.4, -0.2) is 52.8 Å². The Hall–Kier alpha value is -4.13. The van der Waals surface area contributed by atoms with Crippen molar-refractivity contribution in [1.29, 1.82) is 0 Å². The molecule has 7 nitrogen and oxygen atoms in total. The molecule has 1 aromatic heterocycles. The second-order valence-corrected chi connectivity index (χ2v) is 11.9. The number of unbranched alkanes of at least 4 members (excludes halogenated alkanes) is 4. The topological polar surface area (TPSA) is 74.6 Å². The Morgan fingerprint density at radius 1 is 0.543 bits per heavy atom. The Bertz CT molecular complexity index is 1380. The highest BCUT2D eigenvalue weighted by Gasteiger charge is 2.17. The first-order chi connectivity index (χ1) is 22.5. The zero-order chi connectivity index (χ0) is 32.7. The maximum absolute atomic E-state index is 11.0. The summed E-state index contributed by atoms with van der Waals surface area (Å²) in [6.45, 7) is 15.6. The lowest BCUT2D eigenvalue weighted by atomic mass is 10.1. The van der Waals surface area contributed by atoms with Crippen LogP contribution in [0, 0.1) is 0 Å². The Kier molecular flexibility index (Phi) is 13.7. The number of benzene rings is 3. The molecule has 0 spiro atoms. The van der Waals surface area contributed by atoms with Crippen LogP contribution in [0.2, 0.25) is 0 Å². The number of aromatic hydroxyl groups is 1. The molecule has 1 N–H and O–H groups in total. The van der Waals surface area contributed by atoms with E-state index in [9.17, 15) is 5.11 Å².